The van der Waals surface area contributed by atoms with Crippen LogP contribution in [0.4, 0.5) is 0 Å². The third-order valence-electron chi connectivity index (χ3n) is 3.85. The van der Waals surface area contributed by atoms with Crippen molar-refractivity contribution in [3.05, 3.63) is 29.8 Å². The van der Waals surface area contributed by atoms with Crippen LogP contribution in [0.1, 0.15) is 32.3 Å². The zero-order valence-corrected chi connectivity index (χ0v) is 13.4. The zero-order valence-electron chi connectivity index (χ0n) is 13.4. The smallest absolute Gasteiger partial charge is 0.122 e. The first-order valence-corrected chi connectivity index (χ1v) is 7.83. The van der Waals surface area contributed by atoms with Gasteiger partial charge in [0.25, 0.3) is 0 Å². The molecule has 3 N–H and O–H groups in total. The number of ether oxygens (including phenoxy) is 1. The van der Waals surface area contributed by atoms with Crippen LogP contribution in [-0.4, -0.2) is 42.1 Å². The van der Waals surface area contributed by atoms with Gasteiger partial charge in [0.05, 0.1) is 6.10 Å². The van der Waals surface area contributed by atoms with E-state index in [1.54, 1.807) is 0 Å². The van der Waals surface area contributed by atoms with Crippen LogP contribution >= 0.6 is 0 Å². The second-order valence-electron chi connectivity index (χ2n) is 5.53. The summed E-state index contributed by atoms with van der Waals surface area (Å²) in [5.74, 6) is 1.12. The van der Waals surface area contributed by atoms with E-state index >= 15 is 0 Å². The first-order valence-electron chi connectivity index (χ1n) is 7.83. The summed E-state index contributed by atoms with van der Waals surface area (Å²) in [6, 6.07) is 7.75. The number of rotatable bonds is 10. The van der Waals surface area contributed by atoms with Crippen LogP contribution in [0.3, 0.4) is 0 Å². The Hall–Kier alpha value is -1.10. The summed E-state index contributed by atoms with van der Waals surface area (Å²) in [6.07, 6.45) is 0.999. The molecule has 1 rings (SSSR count). The van der Waals surface area contributed by atoms with E-state index in [2.05, 4.69) is 19.2 Å². The second kappa shape index (κ2) is 9.77. The fourth-order valence-electron chi connectivity index (χ4n) is 2.36. The summed E-state index contributed by atoms with van der Waals surface area (Å²) in [4.78, 5) is 0. The van der Waals surface area contributed by atoms with Crippen LogP contribution in [0.5, 0.6) is 5.75 Å². The Balaban J connectivity index is 2.22. The van der Waals surface area contributed by atoms with Crippen LogP contribution in [0.25, 0.3) is 0 Å². The lowest BCUT2D eigenvalue weighted by atomic mass is 9.96. The Morgan fingerprint density at radius 1 is 1.10 bits per heavy atom. The van der Waals surface area contributed by atoms with Crippen LogP contribution in [0.15, 0.2) is 24.3 Å². The van der Waals surface area contributed by atoms with Crippen LogP contribution in [0.2, 0.25) is 0 Å². The topological polar surface area (TPSA) is 61.7 Å². The van der Waals surface area contributed by atoms with Gasteiger partial charge in [0.15, 0.2) is 0 Å². The fourth-order valence-corrected chi connectivity index (χ4v) is 2.36. The molecule has 0 bridgehead atoms. The molecule has 0 aliphatic heterocycles. The molecule has 0 saturated heterocycles. The lowest BCUT2D eigenvalue weighted by Crippen LogP contribution is -2.38. The van der Waals surface area contributed by atoms with Crippen LogP contribution in [0, 0.1) is 12.8 Å². The Morgan fingerprint density at radius 2 is 1.76 bits per heavy atom. The zero-order chi connectivity index (χ0) is 15.7. The van der Waals surface area contributed by atoms with Gasteiger partial charge in [-0.25, -0.2) is 0 Å². The van der Waals surface area contributed by atoms with Gasteiger partial charge in [-0.15, -0.1) is 0 Å². The van der Waals surface area contributed by atoms with Crippen molar-refractivity contribution in [2.45, 2.75) is 45.8 Å². The summed E-state index contributed by atoms with van der Waals surface area (Å²) in [6.45, 7) is 7.33. The molecule has 0 fully saturated rings. The van der Waals surface area contributed by atoms with Gasteiger partial charge < -0.3 is 20.3 Å². The molecule has 1 aromatic carbocycles. The standard InChI is InChI=1S/C17H29NO3/c1-4-14(5-2)16(20)11-18-10-15(19)12-21-17-9-7-6-8-13(17)3/h6-9,14-16,18-20H,4-5,10-12H2,1-3H3. The van der Waals surface area contributed by atoms with E-state index in [0.29, 0.717) is 19.0 Å². The lowest BCUT2D eigenvalue weighted by Gasteiger charge is -2.21. The van der Waals surface area contributed by atoms with E-state index in [4.69, 9.17) is 4.74 Å². The Morgan fingerprint density at radius 3 is 2.38 bits per heavy atom. The Bertz CT molecular complexity index is 393. The van der Waals surface area contributed by atoms with Gasteiger partial charge in [-0.05, 0) is 24.5 Å². The van der Waals surface area contributed by atoms with Crippen LogP contribution in [-0.2, 0) is 0 Å². The van der Waals surface area contributed by atoms with Crippen LogP contribution < -0.4 is 10.1 Å². The second-order valence-corrected chi connectivity index (χ2v) is 5.53. The van der Waals surface area contributed by atoms with Crippen molar-refractivity contribution >= 4 is 0 Å². The van der Waals surface area contributed by atoms with Gasteiger partial charge in [-0.1, -0.05) is 44.9 Å². The normalized spacial score (nSPS) is 14.2. The summed E-state index contributed by atoms with van der Waals surface area (Å²) < 4.78 is 5.59. The van der Waals surface area contributed by atoms with Crippen molar-refractivity contribution < 1.29 is 14.9 Å². The highest BCUT2D eigenvalue weighted by molar-refractivity contribution is 5.31. The molecule has 0 aliphatic carbocycles. The van der Waals surface area contributed by atoms with Gasteiger partial charge in [0.2, 0.25) is 0 Å². The fraction of sp³-hybridized carbons (Fsp3) is 0.647. The number of aryl methyl sites for hydroxylation is 1. The first kappa shape index (κ1) is 18.0. The molecule has 0 radical (unpaired) electrons. The predicted molar refractivity (Wildman–Crippen MR) is 85.6 cm³/mol. The number of aliphatic hydroxyl groups excluding tert-OH is 2. The van der Waals surface area contributed by atoms with Crippen molar-refractivity contribution in [3.63, 3.8) is 0 Å². The highest BCUT2D eigenvalue weighted by Gasteiger charge is 2.15. The maximum absolute atomic E-state index is 9.99. The number of benzene rings is 1. The molecule has 2 unspecified atom stereocenters. The minimum Gasteiger partial charge on any atom is -0.491 e. The molecule has 0 aliphatic rings. The number of hydrogen-bond acceptors (Lipinski definition) is 4. The SMILES string of the molecule is CCC(CC)C(O)CNCC(O)COc1ccccc1C. The molecule has 4 heteroatoms. The van der Waals surface area contributed by atoms with E-state index in [-0.39, 0.29) is 12.7 Å². The lowest BCUT2D eigenvalue weighted by molar-refractivity contribution is 0.0818. The maximum atomic E-state index is 9.99. The van der Waals surface area contributed by atoms with Gasteiger partial charge in [-0.3, -0.25) is 0 Å². The van der Waals surface area contributed by atoms with E-state index in [1.165, 1.54) is 0 Å². The molecule has 1 aromatic rings. The Kier molecular flexibility index (Phi) is 8.35. The third-order valence-corrected chi connectivity index (χ3v) is 3.85. The summed E-state index contributed by atoms with van der Waals surface area (Å²) in [7, 11) is 0. The first-order chi connectivity index (χ1) is 10.1. The minimum absolute atomic E-state index is 0.249. The van der Waals surface area contributed by atoms with Gasteiger partial charge in [0.1, 0.15) is 18.5 Å². The highest BCUT2D eigenvalue weighted by Crippen LogP contribution is 2.16. The number of nitrogens with one attached hydrogen (secondary N) is 1. The molecule has 0 spiro atoms. The van der Waals surface area contributed by atoms with E-state index in [1.807, 2.05) is 31.2 Å². The Labute approximate surface area is 128 Å². The summed E-state index contributed by atoms with van der Waals surface area (Å²) in [5.41, 5.74) is 1.06. The summed E-state index contributed by atoms with van der Waals surface area (Å²) in [5, 5.41) is 23.0. The van der Waals surface area contributed by atoms with Crippen molar-refractivity contribution in [3.8, 4) is 5.75 Å². The number of para-hydroxylation sites is 1. The van der Waals surface area contributed by atoms with Crippen molar-refractivity contribution in [2.24, 2.45) is 5.92 Å². The average Bonchev–Trinajstić information content (AvgIpc) is 2.47. The summed E-state index contributed by atoms with van der Waals surface area (Å²) >= 11 is 0. The predicted octanol–water partition coefficient (Wildman–Crippen LogP) is 2.12. The largest absolute Gasteiger partial charge is 0.491 e. The quantitative estimate of drug-likeness (QED) is 0.619. The molecule has 4 nitrogen and oxygen atoms in total. The molecule has 0 amide bonds. The highest BCUT2D eigenvalue weighted by atomic mass is 16.5. The van der Waals surface area contributed by atoms with Crippen molar-refractivity contribution in [2.75, 3.05) is 19.7 Å². The molecular weight excluding hydrogens is 266 g/mol. The molecule has 0 heterocycles. The third kappa shape index (κ3) is 6.46. The molecule has 0 saturated carbocycles. The molecule has 21 heavy (non-hydrogen) atoms. The molecule has 2 atom stereocenters. The van der Waals surface area contributed by atoms with E-state index in [9.17, 15) is 10.2 Å². The van der Waals surface area contributed by atoms with Crippen molar-refractivity contribution in [1.82, 2.24) is 5.32 Å². The molecule has 0 aromatic heterocycles. The average molecular weight is 295 g/mol. The number of hydrogen-bond donors (Lipinski definition) is 3. The molecular formula is C17H29NO3. The maximum Gasteiger partial charge on any atom is 0.122 e. The monoisotopic (exact) mass is 295 g/mol. The minimum atomic E-state index is -0.585. The molecule has 120 valence electrons. The van der Waals surface area contributed by atoms with Crippen molar-refractivity contribution in [1.29, 1.82) is 0 Å². The van der Waals surface area contributed by atoms with Gasteiger partial charge in [-0.2, -0.15) is 0 Å². The van der Waals surface area contributed by atoms with E-state index in [0.717, 1.165) is 24.2 Å². The van der Waals surface area contributed by atoms with Gasteiger partial charge >= 0.3 is 0 Å². The number of aliphatic hydroxyl groups is 2. The van der Waals surface area contributed by atoms with E-state index < -0.39 is 6.10 Å². The van der Waals surface area contributed by atoms with Gasteiger partial charge in [0, 0.05) is 13.1 Å².